The number of non-ortho nitro benzene ring substituents is 1. The second-order valence-electron chi connectivity index (χ2n) is 6.93. The molecule has 0 fully saturated rings. The van der Waals surface area contributed by atoms with Gasteiger partial charge in [-0.15, -0.1) is 0 Å². The molecular weight excluding hydrogens is 336 g/mol. The monoisotopic (exact) mass is 354 g/mol. The van der Waals surface area contributed by atoms with E-state index in [1.807, 2.05) is 26.0 Å². The summed E-state index contributed by atoms with van der Waals surface area (Å²) in [7, 11) is 1.48. The summed E-state index contributed by atoms with van der Waals surface area (Å²) in [5.74, 6) is 0.406. The predicted octanol–water partition coefficient (Wildman–Crippen LogP) is 3.37. The van der Waals surface area contributed by atoms with Crippen LogP contribution in [-0.2, 0) is 10.2 Å². The molecule has 0 bridgehead atoms. The fraction of sp³-hybridized carbons (Fsp3) is 0.278. The van der Waals surface area contributed by atoms with E-state index in [-0.39, 0.29) is 17.8 Å². The quantitative estimate of drug-likeness (QED) is 0.576. The number of benzene rings is 2. The van der Waals surface area contributed by atoms with Gasteiger partial charge >= 0.3 is 0 Å². The molecule has 3 N–H and O–H groups in total. The maximum atomic E-state index is 12.1. The van der Waals surface area contributed by atoms with Crippen LogP contribution in [0.1, 0.15) is 31.1 Å². The molecule has 0 radical (unpaired) electrons. The zero-order chi connectivity index (χ0) is 18.6. The minimum absolute atomic E-state index is 0.0234. The number of fused-ring (bicyclic) bond motifs is 2. The number of methoxy groups -OCH3 is 1. The summed E-state index contributed by atoms with van der Waals surface area (Å²) in [6.45, 7) is 3.78. The molecule has 0 spiro atoms. The lowest BCUT2D eigenvalue weighted by atomic mass is 9.86. The van der Waals surface area contributed by atoms with Crippen molar-refractivity contribution in [2.45, 2.75) is 25.4 Å². The standard InChI is InChI=1S/C18H18N4O4/c1-18(2)11-7-13-14(8-12(11)21-17(18)23)20-16(19-13)10-5-4-9(22(24)25)6-15(10)26-3/h4-8,16,19-20H,1-3H3,(H,21,23). The van der Waals surface area contributed by atoms with E-state index in [9.17, 15) is 14.9 Å². The van der Waals surface area contributed by atoms with Crippen LogP contribution >= 0.6 is 0 Å². The average Bonchev–Trinajstić information content (AvgIpc) is 3.11. The first-order valence-corrected chi connectivity index (χ1v) is 8.16. The number of nitrogens with zero attached hydrogens (tertiary/aromatic N) is 1. The molecule has 1 unspecified atom stereocenters. The number of nitro groups is 1. The molecule has 2 aromatic carbocycles. The van der Waals surface area contributed by atoms with Crippen LogP contribution in [0.3, 0.4) is 0 Å². The zero-order valence-electron chi connectivity index (χ0n) is 14.5. The first-order valence-electron chi connectivity index (χ1n) is 8.16. The number of amides is 1. The van der Waals surface area contributed by atoms with E-state index in [0.717, 1.165) is 28.2 Å². The molecule has 2 heterocycles. The summed E-state index contributed by atoms with van der Waals surface area (Å²) < 4.78 is 5.33. The van der Waals surface area contributed by atoms with Gasteiger partial charge in [0.15, 0.2) is 0 Å². The average molecular weight is 354 g/mol. The summed E-state index contributed by atoms with van der Waals surface area (Å²) in [6, 6.07) is 8.40. The number of nitrogens with one attached hydrogen (secondary N) is 3. The highest BCUT2D eigenvalue weighted by molar-refractivity contribution is 6.07. The molecule has 0 aromatic heterocycles. The fourth-order valence-electron chi connectivity index (χ4n) is 3.41. The minimum atomic E-state index is -0.588. The van der Waals surface area contributed by atoms with Crippen LogP contribution in [0, 0.1) is 10.1 Å². The Morgan fingerprint density at radius 1 is 1.12 bits per heavy atom. The number of ether oxygens (including phenoxy) is 1. The highest BCUT2D eigenvalue weighted by atomic mass is 16.6. The van der Waals surface area contributed by atoms with Crippen LogP contribution in [0.2, 0.25) is 0 Å². The van der Waals surface area contributed by atoms with Gasteiger partial charge in [-0.2, -0.15) is 0 Å². The summed E-state index contributed by atoms with van der Waals surface area (Å²) in [5, 5.41) is 20.6. The summed E-state index contributed by atoms with van der Waals surface area (Å²) in [6.07, 6.45) is -0.290. The van der Waals surface area contributed by atoms with Crippen molar-refractivity contribution in [1.82, 2.24) is 0 Å². The SMILES string of the molecule is COc1cc([N+](=O)[O-])ccc1C1Nc2cc3c(cc2N1)C(C)(C)C(=O)N3. The van der Waals surface area contributed by atoms with Crippen LogP contribution in [0.15, 0.2) is 30.3 Å². The molecule has 1 atom stereocenters. The van der Waals surface area contributed by atoms with E-state index in [1.165, 1.54) is 19.2 Å². The van der Waals surface area contributed by atoms with Crippen molar-refractivity contribution in [2.24, 2.45) is 0 Å². The number of carbonyl (C=O) groups excluding carboxylic acids is 1. The fourth-order valence-corrected chi connectivity index (χ4v) is 3.41. The van der Waals surface area contributed by atoms with Crippen molar-refractivity contribution in [3.05, 3.63) is 51.6 Å². The lowest BCUT2D eigenvalue weighted by Gasteiger charge is -2.16. The van der Waals surface area contributed by atoms with Crippen molar-refractivity contribution in [2.75, 3.05) is 23.1 Å². The van der Waals surface area contributed by atoms with Crippen molar-refractivity contribution in [3.8, 4) is 5.75 Å². The lowest BCUT2D eigenvalue weighted by Crippen LogP contribution is -2.26. The van der Waals surface area contributed by atoms with E-state index in [1.54, 1.807) is 6.07 Å². The van der Waals surface area contributed by atoms with Gasteiger partial charge in [0.05, 0.1) is 34.9 Å². The highest BCUT2D eigenvalue weighted by Gasteiger charge is 2.40. The number of carbonyl (C=O) groups is 1. The normalized spacial score (nSPS) is 19.0. The maximum Gasteiger partial charge on any atom is 0.273 e. The highest BCUT2D eigenvalue weighted by Crippen LogP contribution is 2.46. The van der Waals surface area contributed by atoms with Gasteiger partial charge in [0.2, 0.25) is 5.91 Å². The summed E-state index contributed by atoms with van der Waals surface area (Å²) >= 11 is 0. The minimum Gasteiger partial charge on any atom is -0.496 e. The largest absolute Gasteiger partial charge is 0.496 e. The molecule has 134 valence electrons. The van der Waals surface area contributed by atoms with E-state index >= 15 is 0 Å². The predicted molar refractivity (Wildman–Crippen MR) is 97.7 cm³/mol. The van der Waals surface area contributed by atoms with Crippen LogP contribution in [0.4, 0.5) is 22.7 Å². The third-order valence-electron chi connectivity index (χ3n) is 4.99. The Bertz CT molecular complexity index is 954. The molecule has 8 nitrogen and oxygen atoms in total. The Morgan fingerprint density at radius 2 is 1.81 bits per heavy atom. The molecule has 2 aliphatic heterocycles. The summed E-state index contributed by atoms with van der Waals surface area (Å²) in [5.41, 5.74) is 3.61. The van der Waals surface area contributed by atoms with E-state index < -0.39 is 10.3 Å². The van der Waals surface area contributed by atoms with Crippen molar-refractivity contribution < 1.29 is 14.5 Å². The van der Waals surface area contributed by atoms with Crippen LogP contribution in [0.25, 0.3) is 0 Å². The second-order valence-corrected chi connectivity index (χ2v) is 6.93. The zero-order valence-corrected chi connectivity index (χ0v) is 14.5. The first-order chi connectivity index (χ1) is 12.3. The van der Waals surface area contributed by atoms with Gasteiger partial charge in [-0.05, 0) is 37.6 Å². The Kier molecular flexibility index (Phi) is 3.33. The number of anilines is 3. The van der Waals surface area contributed by atoms with E-state index in [2.05, 4.69) is 16.0 Å². The van der Waals surface area contributed by atoms with Gasteiger partial charge in [0, 0.05) is 17.3 Å². The molecule has 8 heteroatoms. The van der Waals surface area contributed by atoms with Crippen LogP contribution in [0.5, 0.6) is 5.75 Å². The van der Waals surface area contributed by atoms with Gasteiger partial charge in [-0.25, -0.2) is 0 Å². The van der Waals surface area contributed by atoms with Crippen molar-refractivity contribution >= 4 is 28.7 Å². The Labute approximate surface area is 149 Å². The van der Waals surface area contributed by atoms with Gasteiger partial charge in [0.1, 0.15) is 11.9 Å². The molecule has 1 amide bonds. The van der Waals surface area contributed by atoms with Gasteiger partial charge in [0.25, 0.3) is 5.69 Å². The van der Waals surface area contributed by atoms with Gasteiger partial charge < -0.3 is 20.7 Å². The van der Waals surface area contributed by atoms with Gasteiger partial charge in [-0.1, -0.05) is 0 Å². The number of hydrogen-bond donors (Lipinski definition) is 3. The lowest BCUT2D eigenvalue weighted by molar-refractivity contribution is -0.384. The maximum absolute atomic E-state index is 12.1. The topological polar surface area (TPSA) is 106 Å². The Morgan fingerprint density at radius 3 is 2.46 bits per heavy atom. The molecular formula is C18H18N4O4. The molecule has 0 saturated heterocycles. The smallest absolute Gasteiger partial charge is 0.273 e. The number of nitro benzene ring substituents is 1. The van der Waals surface area contributed by atoms with Crippen LogP contribution in [-0.4, -0.2) is 17.9 Å². The Balaban J connectivity index is 1.69. The molecule has 26 heavy (non-hydrogen) atoms. The van der Waals surface area contributed by atoms with E-state index in [4.69, 9.17) is 4.74 Å². The van der Waals surface area contributed by atoms with Gasteiger partial charge in [-0.3, -0.25) is 14.9 Å². The second kappa shape index (κ2) is 5.35. The third-order valence-corrected chi connectivity index (χ3v) is 4.99. The van der Waals surface area contributed by atoms with Crippen molar-refractivity contribution in [1.29, 1.82) is 0 Å². The third kappa shape index (κ3) is 2.26. The van der Waals surface area contributed by atoms with E-state index in [0.29, 0.717) is 5.75 Å². The molecule has 4 rings (SSSR count). The molecule has 2 aromatic rings. The Hall–Kier alpha value is -3.29. The first kappa shape index (κ1) is 16.2. The number of rotatable bonds is 3. The molecule has 0 aliphatic carbocycles. The van der Waals surface area contributed by atoms with Crippen LogP contribution < -0.4 is 20.7 Å². The molecule has 0 saturated carbocycles. The summed E-state index contributed by atoms with van der Waals surface area (Å²) in [4.78, 5) is 22.6. The van der Waals surface area contributed by atoms with Crippen molar-refractivity contribution in [3.63, 3.8) is 0 Å². The number of hydrogen-bond acceptors (Lipinski definition) is 6. The molecule has 2 aliphatic rings.